The molecule has 0 N–H and O–H groups in total. The van der Waals surface area contributed by atoms with Crippen LogP contribution in [0.1, 0.15) is 60.8 Å². The monoisotopic (exact) mass is 683 g/mol. The van der Waals surface area contributed by atoms with Crippen LogP contribution in [0.2, 0.25) is 0 Å². The minimum Gasteiger partial charge on any atom is -0.208 e. The van der Waals surface area contributed by atoms with Crippen LogP contribution in [-0.4, -0.2) is 15.0 Å². The fourth-order valence-electron chi connectivity index (χ4n) is 8.22. The Morgan fingerprint density at radius 2 is 0.849 bits per heavy atom. The molecule has 0 amide bonds. The van der Waals surface area contributed by atoms with Crippen molar-refractivity contribution in [2.75, 3.05) is 0 Å². The predicted molar refractivity (Wildman–Crippen MR) is 220 cm³/mol. The van der Waals surface area contributed by atoms with Gasteiger partial charge in [-0.15, -0.1) is 0 Å². The Morgan fingerprint density at radius 3 is 1.45 bits per heavy atom. The summed E-state index contributed by atoms with van der Waals surface area (Å²) < 4.78 is 0. The molecule has 2 aliphatic carbocycles. The first-order valence-electron chi connectivity index (χ1n) is 18.9. The number of allylic oxidation sites excluding steroid dienone is 2. The second kappa shape index (κ2) is 14.4. The standard InChI is InChI=1S/C50H41N3/c1-5-14-36(15-6-1)37-22-24-38(25-23-37)39-26-30-43(31-27-39)50(34-11-4-12-35-50)44-32-28-42(29-33-44)48-51-47(41-17-8-2-9-18-41)52-49(53-48)46-21-13-19-40-16-7-3-10-20-45(40)46/h1-2,5-10,13-33H,3-4,11-12,34-35H2. The molecule has 3 nitrogen and oxygen atoms in total. The minimum atomic E-state index is -0.0204. The van der Waals surface area contributed by atoms with Crippen LogP contribution in [-0.2, 0) is 5.41 Å². The zero-order chi connectivity index (χ0) is 35.5. The molecular weight excluding hydrogens is 643 g/mol. The first kappa shape index (κ1) is 32.7. The number of nitrogens with zero attached hydrogens (tertiary/aromatic N) is 3. The predicted octanol–water partition coefficient (Wildman–Crippen LogP) is 12.9. The van der Waals surface area contributed by atoms with E-state index < -0.39 is 0 Å². The molecule has 3 heteroatoms. The summed E-state index contributed by atoms with van der Waals surface area (Å²) in [6.45, 7) is 0. The van der Waals surface area contributed by atoms with Gasteiger partial charge in [0.2, 0.25) is 0 Å². The summed E-state index contributed by atoms with van der Waals surface area (Å²) in [5.74, 6) is 2.05. The molecule has 53 heavy (non-hydrogen) atoms. The van der Waals surface area contributed by atoms with Gasteiger partial charge in [-0.3, -0.25) is 0 Å². The molecule has 0 atom stereocenters. The van der Waals surface area contributed by atoms with Crippen molar-refractivity contribution < 1.29 is 0 Å². The molecular formula is C50H41N3. The van der Waals surface area contributed by atoms with E-state index in [0.717, 1.165) is 41.5 Å². The van der Waals surface area contributed by atoms with Crippen molar-refractivity contribution in [3.8, 4) is 56.4 Å². The van der Waals surface area contributed by atoms with Crippen LogP contribution >= 0.6 is 0 Å². The molecule has 0 spiro atoms. The third-order valence-electron chi connectivity index (χ3n) is 11.1. The van der Waals surface area contributed by atoms with Gasteiger partial charge in [-0.25, -0.2) is 15.0 Å². The maximum absolute atomic E-state index is 5.14. The van der Waals surface area contributed by atoms with Crippen molar-refractivity contribution in [3.05, 3.63) is 186 Å². The summed E-state index contributed by atoms with van der Waals surface area (Å²) in [5.41, 5.74) is 13.0. The molecule has 1 heterocycles. The molecule has 1 saturated carbocycles. The summed E-state index contributed by atoms with van der Waals surface area (Å²) in [6.07, 6.45) is 15.7. The van der Waals surface area contributed by atoms with Gasteiger partial charge >= 0.3 is 0 Å². The van der Waals surface area contributed by atoms with Crippen LogP contribution in [0.3, 0.4) is 0 Å². The van der Waals surface area contributed by atoms with E-state index in [1.807, 2.05) is 18.2 Å². The highest BCUT2D eigenvalue weighted by Crippen LogP contribution is 2.46. The summed E-state index contributed by atoms with van der Waals surface area (Å²) in [5, 5.41) is 0. The lowest BCUT2D eigenvalue weighted by molar-refractivity contribution is 0.346. The number of hydrogen-bond acceptors (Lipinski definition) is 3. The van der Waals surface area contributed by atoms with Gasteiger partial charge in [0.1, 0.15) is 0 Å². The van der Waals surface area contributed by atoms with E-state index in [-0.39, 0.29) is 5.41 Å². The Morgan fingerprint density at radius 1 is 0.377 bits per heavy atom. The number of hydrogen-bond donors (Lipinski definition) is 0. The Kier molecular flexibility index (Phi) is 8.91. The van der Waals surface area contributed by atoms with E-state index in [1.165, 1.54) is 58.2 Å². The van der Waals surface area contributed by atoms with E-state index in [2.05, 4.69) is 158 Å². The molecule has 0 saturated heterocycles. The minimum absolute atomic E-state index is 0.0204. The number of fused-ring (bicyclic) bond motifs is 1. The maximum Gasteiger partial charge on any atom is 0.164 e. The van der Waals surface area contributed by atoms with E-state index >= 15 is 0 Å². The van der Waals surface area contributed by atoms with Crippen LogP contribution in [0.4, 0.5) is 0 Å². The lowest BCUT2D eigenvalue weighted by atomic mass is 9.65. The SMILES string of the molecule is C1=Cc2cccc(-c3nc(-c4ccccc4)nc(-c4ccc(C5(c6ccc(-c7ccc(-c8ccccc8)cc7)cc6)CCCCC5)cc4)n3)c2C=CC1. The molecule has 0 aliphatic heterocycles. The molecule has 1 fully saturated rings. The number of rotatable bonds is 7. The van der Waals surface area contributed by atoms with Gasteiger partial charge in [0, 0.05) is 22.1 Å². The average Bonchev–Trinajstić information content (AvgIpc) is 3.51. The molecule has 2 aliphatic rings. The van der Waals surface area contributed by atoms with Crippen LogP contribution in [0, 0.1) is 0 Å². The van der Waals surface area contributed by atoms with Crippen LogP contribution in [0.5, 0.6) is 0 Å². The largest absolute Gasteiger partial charge is 0.208 e. The number of aromatic nitrogens is 3. The van der Waals surface area contributed by atoms with Crippen LogP contribution < -0.4 is 0 Å². The van der Waals surface area contributed by atoms with Crippen molar-refractivity contribution >= 4 is 12.2 Å². The van der Waals surface area contributed by atoms with E-state index in [0.29, 0.717) is 17.5 Å². The van der Waals surface area contributed by atoms with Crippen molar-refractivity contribution in [2.24, 2.45) is 0 Å². The van der Waals surface area contributed by atoms with Gasteiger partial charge in [0.05, 0.1) is 0 Å². The van der Waals surface area contributed by atoms with Gasteiger partial charge in [0.15, 0.2) is 17.5 Å². The third-order valence-corrected chi connectivity index (χ3v) is 11.1. The van der Waals surface area contributed by atoms with Crippen molar-refractivity contribution in [1.29, 1.82) is 0 Å². The lowest BCUT2D eigenvalue weighted by Crippen LogP contribution is -2.30. The van der Waals surface area contributed by atoms with Gasteiger partial charge in [0.25, 0.3) is 0 Å². The van der Waals surface area contributed by atoms with Crippen molar-refractivity contribution in [2.45, 2.75) is 43.9 Å². The Balaban J connectivity index is 1.06. The zero-order valence-electron chi connectivity index (χ0n) is 29.8. The van der Waals surface area contributed by atoms with Gasteiger partial charge < -0.3 is 0 Å². The highest BCUT2D eigenvalue weighted by atomic mass is 15.0. The molecule has 6 aromatic carbocycles. The van der Waals surface area contributed by atoms with Crippen LogP contribution in [0.25, 0.3) is 68.6 Å². The number of benzene rings is 6. The molecule has 0 radical (unpaired) electrons. The molecule has 0 unspecified atom stereocenters. The Hall–Kier alpha value is -6.19. The van der Waals surface area contributed by atoms with Crippen LogP contribution in [0.15, 0.2) is 164 Å². The topological polar surface area (TPSA) is 38.7 Å². The van der Waals surface area contributed by atoms with E-state index in [9.17, 15) is 0 Å². The first-order valence-corrected chi connectivity index (χ1v) is 18.9. The maximum atomic E-state index is 5.14. The molecule has 7 aromatic rings. The molecule has 9 rings (SSSR count). The highest BCUT2D eigenvalue weighted by Gasteiger charge is 2.35. The normalized spacial score (nSPS) is 14.7. The lowest BCUT2D eigenvalue weighted by Gasteiger charge is -2.39. The zero-order valence-corrected chi connectivity index (χ0v) is 29.8. The smallest absolute Gasteiger partial charge is 0.164 e. The fraction of sp³-hybridized carbons (Fsp3) is 0.140. The van der Waals surface area contributed by atoms with E-state index in [4.69, 9.17) is 15.0 Å². The Labute approximate surface area is 312 Å². The molecule has 1 aromatic heterocycles. The van der Waals surface area contributed by atoms with Gasteiger partial charge in [-0.1, -0.05) is 195 Å². The Bertz CT molecular complexity index is 2400. The summed E-state index contributed by atoms with van der Waals surface area (Å²) in [4.78, 5) is 15.2. The highest BCUT2D eigenvalue weighted by molar-refractivity contribution is 5.80. The first-order chi connectivity index (χ1) is 26.2. The fourth-order valence-corrected chi connectivity index (χ4v) is 8.22. The quantitative estimate of drug-likeness (QED) is 0.168. The molecule has 256 valence electrons. The second-order valence-corrected chi connectivity index (χ2v) is 14.3. The van der Waals surface area contributed by atoms with Gasteiger partial charge in [-0.2, -0.15) is 0 Å². The summed E-state index contributed by atoms with van der Waals surface area (Å²) in [6, 6.07) is 54.6. The van der Waals surface area contributed by atoms with Crippen molar-refractivity contribution in [1.82, 2.24) is 15.0 Å². The van der Waals surface area contributed by atoms with Crippen molar-refractivity contribution in [3.63, 3.8) is 0 Å². The van der Waals surface area contributed by atoms with Gasteiger partial charge in [-0.05, 0) is 63.8 Å². The summed E-state index contributed by atoms with van der Waals surface area (Å²) >= 11 is 0. The molecule has 0 bridgehead atoms. The third kappa shape index (κ3) is 6.56. The summed E-state index contributed by atoms with van der Waals surface area (Å²) in [7, 11) is 0. The average molecular weight is 684 g/mol. The second-order valence-electron chi connectivity index (χ2n) is 14.3. The van der Waals surface area contributed by atoms with E-state index in [1.54, 1.807) is 0 Å².